The Kier molecular flexibility index (Phi) is 5.87. The molecular formula is C28H32N4O3. The zero-order valence-corrected chi connectivity index (χ0v) is 20.9. The first-order valence-electron chi connectivity index (χ1n) is 12.2. The maximum atomic E-state index is 13.2. The summed E-state index contributed by atoms with van der Waals surface area (Å²) in [6.45, 7) is 9.07. The van der Waals surface area contributed by atoms with Crippen molar-refractivity contribution in [1.82, 2.24) is 14.7 Å². The molecule has 0 saturated carbocycles. The number of benzene rings is 2. The molecule has 1 saturated heterocycles. The van der Waals surface area contributed by atoms with Gasteiger partial charge in [-0.25, -0.2) is 4.68 Å². The third kappa shape index (κ3) is 4.43. The van der Waals surface area contributed by atoms with Gasteiger partial charge in [-0.05, 0) is 67.3 Å². The molecule has 0 atom stereocenters. The number of Topliss-reactive ketones (excluding diaryl/α,β-unsaturated/α-hetero) is 1. The Balaban J connectivity index is 1.28. The molecule has 1 aromatic heterocycles. The predicted molar refractivity (Wildman–Crippen MR) is 136 cm³/mol. The lowest BCUT2D eigenvalue weighted by atomic mass is 9.75. The van der Waals surface area contributed by atoms with E-state index in [1.54, 1.807) is 7.11 Å². The largest absolute Gasteiger partial charge is 0.497 e. The minimum Gasteiger partial charge on any atom is -0.497 e. The van der Waals surface area contributed by atoms with Gasteiger partial charge in [-0.1, -0.05) is 13.8 Å². The number of fused-ring (bicyclic) bond motifs is 1. The predicted octanol–water partition coefficient (Wildman–Crippen LogP) is 4.31. The standard InChI is InChI=1S/C28H32N4O3/c1-19-26-24(17-28(2,3)18-25(26)33)32(29-19)22-7-5-20(6-8-22)27(34)31-15-13-30(14-16-31)21-9-11-23(35-4)12-10-21/h5-12H,13-18H2,1-4H3. The van der Waals surface area contributed by atoms with Gasteiger partial charge in [0.2, 0.25) is 0 Å². The molecule has 0 N–H and O–H groups in total. The minimum atomic E-state index is -0.0851. The van der Waals surface area contributed by atoms with Gasteiger partial charge in [0.05, 0.1) is 29.7 Å². The van der Waals surface area contributed by atoms with E-state index in [1.165, 1.54) is 0 Å². The van der Waals surface area contributed by atoms with E-state index in [0.717, 1.165) is 53.6 Å². The summed E-state index contributed by atoms with van der Waals surface area (Å²) in [6.07, 6.45) is 1.35. The van der Waals surface area contributed by atoms with Crippen LogP contribution in [0.25, 0.3) is 5.69 Å². The van der Waals surface area contributed by atoms with Gasteiger partial charge in [-0.3, -0.25) is 9.59 Å². The van der Waals surface area contributed by atoms with Gasteiger partial charge >= 0.3 is 0 Å². The van der Waals surface area contributed by atoms with Crippen LogP contribution in [-0.2, 0) is 6.42 Å². The highest BCUT2D eigenvalue weighted by molar-refractivity contribution is 6.00. The normalized spacial score (nSPS) is 17.3. The Morgan fingerprint density at radius 3 is 2.17 bits per heavy atom. The third-order valence-electron chi connectivity index (χ3n) is 7.08. The van der Waals surface area contributed by atoms with E-state index < -0.39 is 0 Å². The topological polar surface area (TPSA) is 67.7 Å². The van der Waals surface area contributed by atoms with Gasteiger partial charge in [-0.2, -0.15) is 5.10 Å². The fourth-order valence-electron chi connectivity index (χ4n) is 5.24. The molecule has 1 aliphatic carbocycles. The number of aromatic nitrogens is 2. The number of methoxy groups -OCH3 is 1. The first kappa shape index (κ1) is 23.1. The summed E-state index contributed by atoms with van der Waals surface area (Å²) in [5, 5.41) is 4.68. The lowest BCUT2D eigenvalue weighted by Gasteiger charge is -2.36. The molecule has 0 radical (unpaired) electrons. The molecule has 2 aromatic carbocycles. The van der Waals surface area contributed by atoms with Gasteiger partial charge in [0.1, 0.15) is 5.75 Å². The van der Waals surface area contributed by atoms with Crippen molar-refractivity contribution in [2.45, 2.75) is 33.6 Å². The van der Waals surface area contributed by atoms with E-state index in [1.807, 2.05) is 52.9 Å². The van der Waals surface area contributed by atoms with Crippen LogP contribution in [0.1, 0.15) is 52.4 Å². The number of hydrogen-bond donors (Lipinski definition) is 0. The second-order valence-corrected chi connectivity index (χ2v) is 10.3. The van der Waals surface area contributed by atoms with Crippen LogP contribution in [0.2, 0.25) is 0 Å². The number of nitrogens with zero attached hydrogens (tertiary/aromatic N) is 4. The van der Waals surface area contributed by atoms with Gasteiger partial charge in [0.15, 0.2) is 5.78 Å². The van der Waals surface area contributed by atoms with Crippen molar-refractivity contribution >= 4 is 17.4 Å². The highest BCUT2D eigenvalue weighted by Gasteiger charge is 2.35. The molecule has 0 bridgehead atoms. The second-order valence-electron chi connectivity index (χ2n) is 10.3. The number of piperazine rings is 1. The van der Waals surface area contributed by atoms with Crippen molar-refractivity contribution in [3.63, 3.8) is 0 Å². The van der Waals surface area contributed by atoms with Crippen LogP contribution in [0.3, 0.4) is 0 Å². The number of carbonyl (C=O) groups is 2. The van der Waals surface area contributed by atoms with E-state index in [9.17, 15) is 9.59 Å². The smallest absolute Gasteiger partial charge is 0.253 e. The molecular weight excluding hydrogens is 440 g/mol. The summed E-state index contributed by atoms with van der Waals surface area (Å²) < 4.78 is 7.12. The summed E-state index contributed by atoms with van der Waals surface area (Å²) >= 11 is 0. The van der Waals surface area contributed by atoms with Crippen molar-refractivity contribution in [1.29, 1.82) is 0 Å². The molecule has 5 rings (SSSR count). The molecule has 1 fully saturated rings. The van der Waals surface area contributed by atoms with Crippen molar-refractivity contribution < 1.29 is 14.3 Å². The van der Waals surface area contributed by atoms with Crippen LogP contribution in [0.15, 0.2) is 48.5 Å². The Labute approximate surface area is 206 Å². The lowest BCUT2D eigenvalue weighted by Crippen LogP contribution is -2.48. The zero-order chi connectivity index (χ0) is 24.7. The molecule has 3 aromatic rings. The minimum absolute atomic E-state index is 0.0425. The number of ketones is 1. The summed E-state index contributed by atoms with van der Waals surface area (Å²) in [6, 6.07) is 15.6. The fourth-order valence-corrected chi connectivity index (χ4v) is 5.24. The molecule has 2 heterocycles. The molecule has 7 nitrogen and oxygen atoms in total. The highest BCUT2D eigenvalue weighted by atomic mass is 16.5. The Bertz CT molecular complexity index is 1250. The lowest BCUT2D eigenvalue weighted by molar-refractivity contribution is 0.0746. The van der Waals surface area contributed by atoms with Crippen LogP contribution in [0, 0.1) is 12.3 Å². The van der Waals surface area contributed by atoms with Crippen LogP contribution in [0.5, 0.6) is 5.75 Å². The Hall–Kier alpha value is -3.61. The van der Waals surface area contributed by atoms with E-state index >= 15 is 0 Å². The average Bonchev–Trinajstić information content (AvgIpc) is 3.19. The number of rotatable bonds is 4. The Morgan fingerprint density at radius 1 is 0.914 bits per heavy atom. The molecule has 7 heteroatoms. The van der Waals surface area contributed by atoms with Crippen LogP contribution in [0.4, 0.5) is 5.69 Å². The monoisotopic (exact) mass is 472 g/mol. The van der Waals surface area contributed by atoms with Crippen LogP contribution < -0.4 is 9.64 Å². The number of anilines is 1. The molecule has 35 heavy (non-hydrogen) atoms. The van der Waals surface area contributed by atoms with E-state index in [-0.39, 0.29) is 17.1 Å². The molecule has 1 amide bonds. The van der Waals surface area contributed by atoms with Crippen LogP contribution in [-0.4, -0.2) is 59.7 Å². The highest BCUT2D eigenvalue weighted by Crippen LogP contribution is 2.37. The molecule has 182 valence electrons. The number of aryl methyl sites for hydroxylation is 1. The number of amides is 1. The average molecular weight is 473 g/mol. The maximum Gasteiger partial charge on any atom is 0.253 e. The molecule has 2 aliphatic rings. The van der Waals surface area contributed by atoms with Gasteiger partial charge < -0.3 is 14.5 Å². The van der Waals surface area contributed by atoms with Gasteiger partial charge in [0, 0.05) is 43.9 Å². The Morgan fingerprint density at radius 2 is 1.54 bits per heavy atom. The zero-order valence-electron chi connectivity index (χ0n) is 20.9. The number of ether oxygens (including phenoxy) is 1. The fraction of sp³-hybridized carbons (Fsp3) is 0.393. The molecule has 0 spiro atoms. The second kappa shape index (κ2) is 8.87. The SMILES string of the molecule is COc1ccc(N2CCN(C(=O)c3ccc(-n4nc(C)c5c4CC(C)(C)CC5=O)cc3)CC2)cc1. The van der Waals surface area contributed by atoms with Crippen molar-refractivity contribution in [2.24, 2.45) is 5.41 Å². The van der Waals surface area contributed by atoms with Gasteiger partial charge in [0.25, 0.3) is 5.91 Å². The van der Waals surface area contributed by atoms with Crippen molar-refractivity contribution in [3.05, 3.63) is 71.0 Å². The van der Waals surface area contributed by atoms with Crippen LogP contribution >= 0.6 is 0 Å². The maximum absolute atomic E-state index is 13.2. The first-order chi connectivity index (χ1) is 16.8. The summed E-state index contributed by atoms with van der Waals surface area (Å²) in [7, 11) is 1.66. The summed E-state index contributed by atoms with van der Waals surface area (Å²) in [4.78, 5) is 30.1. The number of hydrogen-bond acceptors (Lipinski definition) is 5. The summed E-state index contributed by atoms with van der Waals surface area (Å²) in [5.74, 6) is 1.05. The van der Waals surface area contributed by atoms with Gasteiger partial charge in [-0.15, -0.1) is 0 Å². The van der Waals surface area contributed by atoms with E-state index in [0.29, 0.717) is 25.1 Å². The van der Waals surface area contributed by atoms with Crippen molar-refractivity contribution in [2.75, 3.05) is 38.2 Å². The van der Waals surface area contributed by atoms with Crippen molar-refractivity contribution in [3.8, 4) is 11.4 Å². The van der Waals surface area contributed by atoms with E-state index in [4.69, 9.17) is 4.74 Å². The van der Waals surface area contributed by atoms with E-state index in [2.05, 4.69) is 36.0 Å². The molecule has 1 aliphatic heterocycles. The quantitative estimate of drug-likeness (QED) is 0.566. The summed E-state index contributed by atoms with van der Waals surface area (Å²) in [5.41, 5.74) is 5.11. The molecule has 0 unspecified atom stereocenters. The third-order valence-corrected chi connectivity index (χ3v) is 7.08. The first-order valence-corrected chi connectivity index (χ1v) is 12.2. The number of carbonyl (C=O) groups excluding carboxylic acids is 2.